The second-order valence-corrected chi connectivity index (χ2v) is 5.25. The van der Waals surface area contributed by atoms with Gasteiger partial charge in [0.25, 0.3) is 10.2 Å². The Labute approximate surface area is 98.4 Å². The number of hydrogen-bond acceptors (Lipinski definition) is 3. The first-order valence-electron chi connectivity index (χ1n) is 4.07. The van der Waals surface area contributed by atoms with Gasteiger partial charge in [-0.05, 0) is 28.1 Å². The van der Waals surface area contributed by atoms with E-state index in [1.54, 1.807) is 6.07 Å². The van der Waals surface area contributed by atoms with Crippen molar-refractivity contribution in [3.05, 3.63) is 27.1 Å². The summed E-state index contributed by atoms with van der Waals surface area (Å²) < 4.78 is 24.3. The van der Waals surface area contributed by atoms with Gasteiger partial charge in [-0.1, -0.05) is 0 Å². The van der Waals surface area contributed by atoms with E-state index in [-0.39, 0.29) is 11.4 Å². The van der Waals surface area contributed by atoms with Gasteiger partial charge in [-0.3, -0.25) is 4.72 Å². The molecule has 16 heavy (non-hydrogen) atoms. The Bertz CT molecular complexity index is 702. The second kappa shape index (κ2) is 3.61. The molecule has 2 rings (SSSR count). The fraction of sp³-hybridized carbons (Fsp3) is 0. The van der Waals surface area contributed by atoms with E-state index >= 15 is 0 Å². The Hall–Kier alpha value is -1.32. The molecule has 86 valence electrons. The van der Waals surface area contributed by atoms with E-state index in [2.05, 4.69) is 30.6 Å². The zero-order valence-electron chi connectivity index (χ0n) is 7.74. The molecule has 0 bridgehead atoms. The second-order valence-electron chi connectivity index (χ2n) is 3.10. The first-order chi connectivity index (χ1) is 7.35. The lowest BCUT2D eigenvalue weighted by Crippen LogP contribution is -2.21. The number of nitrogens with two attached hydrogens (primary N) is 1. The summed E-state index contributed by atoms with van der Waals surface area (Å²) >= 11 is 3.16. The number of H-pyrrole nitrogens is 2. The third-order valence-corrected chi connectivity index (χ3v) is 3.02. The molecular formula is C7H7BrN4O3S. The Morgan fingerprint density at radius 2 is 1.81 bits per heavy atom. The number of hydrogen-bond donors (Lipinski definition) is 4. The highest BCUT2D eigenvalue weighted by Crippen LogP contribution is 2.26. The third kappa shape index (κ3) is 2.26. The van der Waals surface area contributed by atoms with Crippen LogP contribution in [0.5, 0.6) is 0 Å². The summed E-state index contributed by atoms with van der Waals surface area (Å²) in [5.74, 6) is 0. The van der Waals surface area contributed by atoms with E-state index in [4.69, 9.17) is 5.14 Å². The molecule has 1 aromatic carbocycles. The highest BCUT2D eigenvalue weighted by molar-refractivity contribution is 9.10. The van der Waals surface area contributed by atoms with Gasteiger partial charge in [-0.15, -0.1) is 0 Å². The number of nitrogens with one attached hydrogen (secondary N) is 3. The maximum Gasteiger partial charge on any atom is 0.323 e. The zero-order chi connectivity index (χ0) is 11.9. The SMILES string of the molecule is NS(=O)(=O)Nc1cc2[nH]c(=O)[nH]c2cc1Br. The number of fused-ring (bicyclic) bond motifs is 1. The molecule has 0 unspecified atom stereocenters. The Morgan fingerprint density at radius 3 is 2.38 bits per heavy atom. The molecule has 2 aromatic rings. The molecule has 0 fully saturated rings. The van der Waals surface area contributed by atoms with Crippen molar-refractivity contribution >= 4 is 42.9 Å². The van der Waals surface area contributed by atoms with Crippen LogP contribution >= 0.6 is 15.9 Å². The molecule has 0 spiro atoms. The summed E-state index contributed by atoms with van der Waals surface area (Å²) in [6, 6.07) is 3.03. The lowest BCUT2D eigenvalue weighted by molar-refractivity contribution is 0.603. The topological polar surface area (TPSA) is 121 Å². The van der Waals surface area contributed by atoms with Gasteiger partial charge >= 0.3 is 5.69 Å². The Kier molecular flexibility index (Phi) is 2.52. The summed E-state index contributed by atoms with van der Waals surface area (Å²) in [7, 11) is -3.84. The largest absolute Gasteiger partial charge is 0.323 e. The number of benzene rings is 1. The first-order valence-corrected chi connectivity index (χ1v) is 6.41. The van der Waals surface area contributed by atoms with Gasteiger partial charge in [-0.2, -0.15) is 8.42 Å². The fourth-order valence-corrected chi connectivity index (χ4v) is 2.34. The van der Waals surface area contributed by atoms with Crippen molar-refractivity contribution in [3.63, 3.8) is 0 Å². The summed E-state index contributed by atoms with van der Waals surface area (Å²) in [4.78, 5) is 16.1. The monoisotopic (exact) mass is 306 g/mol. The summed E-state index contributed by atoms with van der Waals surface area (Å²) in [5, 5.41) is 4.85. The number of aromatic nitrogens is 2. The number of rotatable bonds is 2. The smallest absolute Gasteiger partial charge is 0.306 e. The molecule has 1 aromatic heterocycles. The molecule has 5 N–H and O–H groups in total. The van der Waals surface area contributed by atoms with Crippen molar-refractivity contribution in [3.8, 4) is 0 Å². The molecule has 0 saturated heterocycles. The van der Waals surface area contributed by atoms with Gasteiger partial charge < -0.3 is 9.97 Å². The molecule has 0 amide bonds. The van der Waals surface area contributed by atoms with Crippen LogP contribution in [0.4, 0.5) is 5.69 Å². The molecule has 1 heterocycles. The number of imidazole rings is 1. The highest BCUT2D eigenvalue weighted by atomic mass is 79.9. The van der Waals surface area contributed by atoms with Gasteiger partial charge in [-0.25, -0.2) is 9.93 Å². The lowest BCUT2D eigenvalue weighted by atomic mass is 10.3. The van der Waals surface area contributed by atoms with Crippen LogP contribution in [0, 0.1) is 0 Å². The minimum Gasteiger partial charge on any atom is -0.306 e. The van der Waals surface area contributed by atoms with Crippen molar-refractivity contribution in [2.24, 2.45) is 5.14 Å². The van der Waals surface area contributed by atoms with Crippen LogP contribution in [-0.2, 0) is 10.2 Å². The normalized spacial score (nSPS) is 11.9. The number of aromatic amines is 2. The van der Waals surface area contributed by atoms with Gasteiger partial charge in [0.2, 0.25) is 0 Å². The Balaban J connectivity index is 2.62. The molecule has 0 radical (unpaired) electrons. The average Bonchev–Trinajstić information content (AvgIpc) is 2.42. The minimum atomic E-state index is -3.84. The molecule has 0 saturated carbocycles. The molecule has 0 aliphatic heterocycles. The van der Waals surface area contributed by atoms with E-state index in [0.717, 1.165) is 0 Å². The summed E-state index contributed by atoms with van der Waals surface area (Å²) in [6.07, 6.45) is 0. The molecule has 9 heteroatoms. The molecular weight excluding hydrogens is 300 g/mol. The van der Waals surface area contributed by atoms with E-state index < -0.39 is 10.2 Å². The summed E-state index contributed by atoms with van der Waals surface area (Å²) in [6.45, 7) is 0. The minimum absolute atomic E-state index is 0.255. The first kappa shape index (κ1) is 11.2. The van der Waals surface area contributed by atoms with Crippen LogP contribution < -0.4 is 15.6 Å². The van der Waals surface area contributed by atoms with Crippen LogP contribution in [0.25, 0.3) is 11.0 Å². The maximum atomic E-state index is 11.0. The van der Waals surface area contributed by atoms with Crippen LogP contribution in [0.1, 0.15) is 0 Å². The van der Waals surface area contributed by atoms with E-state index in [1.165, 1.54) is 6.07 Å². The molecule has 0 atom stereocenters. The Morgan fingerprint density at radius 1 is 1.25 bits per heavy atom. The molecule has 0 aliphatic carbocycles. The lowest BCUT2D eigenvalue weighted by Gasteiger charge is -2.05. The van der Waals surface area contributed by atoms with E-state index in [9.17, 15) is 13.2 Å². The fourth-order valence-electron chi connectivity index (χ4n) is 1.29. The number of anilines is 1. The highest BCUT2D eigenvalue weighted by Gasteiger charge is 2.09. The van der Waals surface area contributed by atoms with Crippen molar-refractivity contribution < 1.29 is 8.42 Å². The van der Waals surface area contributed by atoms with Crippen LogP contribution in [0.3, 0.4) is 0 Å². The molecule has 0 aliphatic rings. The van der Waals surface area contributed by atoms with Crippen LogP contribution in [0.2, 0.25) is 0 Å². The van der Waals surface area contributed by atoms with Crippen molar-refractivity contribution in [2.45, 2.75) is 0 Å². The standard InChI is InChI=1S/C7H7BrN4O3S/c8-3-1-5-6(11-7(13)10-5)2-4(3)12-16(9,14)15/h1-2,12H,(H2,9,14,15)(H2,10,11,13). The quantitative estimate of drug-likeness (QED) is 0.635. The van der Waals surface area contributed by atoms with Crippen LogP contribution in [0.15, 0.2) is 21.4 Å². The van der Waals surface area contributed by atoms with E-state index in [0.29, 0.717) is 15.5 Å². The zero-order valence-corrected chi connectivity index (χ0v) is 10.1. The maximum absolute atomic E-state index is 11.0. The van der Waals surface area contributed by atoms with Gasteiger partial charge in [0.1, 0.15) is 0 Å². The van der Waals surface area contributed by atoms with Gasteiger partial charge in [0.05, 0.1) is 16.7 Å². The van der Waals surface area contributed by atoms with Gasteiger partial charge in [0, 0.05) is 4.47 Å². The molecule has 7 nitrogen and oxygen atoms in total. The predicted octanol–water partition coefficient (Wildman–Crippen LogP) is 0.234. The average molecular weight is 307 g/mol. The van der Waals surface area contributed by atoms with Crippen molar-refractivity contribution in [1.82, 2.24) is 9.97 Å². The van der Waals surface area contributed by atoms with Gasteiger partial charge in [0.15, 0.2) is 0 Å². The summed E-state index contributed by atoms with van der Waals surface area (Å²) in [5.41, 5.74) is 0.941. The van der Waals surface area contributed by atoms with Crippen molar-refractivity contribution in [2.75, 3.05) is 4.72 Å². The van der Waals surface area contributed by atoms with Crippen LogP contribution in [-0.4, -0.2) is 18.4 Å². The van der Waals surface area contributed by atoms with Crippen molar-refractivity contribution in [1.29, 1.82) is 0 Å². The predicted molar refractivity (Wildman–Crippen MR) is 63.3 cm³/mol. The van der Waals surface area contributed by atoms with E-state index in [1.807, 2.05) is 0 Å². The third-order valence-electron chi connectivity index (χ3n) is 1.86. The number of halogens is 1.